The van der Waals surface area contributed by atoms with E-state index >= 15 is 0 Å². The summed E-state index contributed by atoms with van der Waals surface area (Å²) in [5.74, 6) is -0.232. The van der Waals surface area contributed by atoms with Crippen molar-refractivity contribution in [1.82, 2.24) is 0 Å². The second-order valence-corrected chi connectivity index (χ2v) is 7.98. The van der Waals surface area contributed by atoms with Crippen LogP contribution in [0.25, 0.3) is 11.3 Å². The minimum Gasteiger partial charge on any atom is -0.354 e. The predicted octanol–water partition coefficient (Wildman–Crippen LogP) is 7.04. The van der Waals surface area contributed by atoms with Gasteiger partial charge in [-0.05, 0) is 41.0 Å². The Hall–Kier alpha value is -3.62. The molecule has 0 aliphatic heterocycles. The summed E-state index contributed by atoms with van der Waals surface area (Å²) in [4.78, 5) is 13.9. The number of nitrogens with one attached hydrogen (secondary N) is 1. The highest BCUT2D eigenvalue weighted by molar-refractivity contribution is 6.35. The van der Waals surface area contributed by atoms with Crippen LogP contribution in [0.15, 0.2) is 109 Å². The number of ketones is 1. The first kappa shape index (κ1) is 19.3. The van der Waals surface area contributed by atoms with Crippen molar-refractivity contribution in [3.05, 3.63) is 136 Å². The molecule has 4 aromatic rings. The summed E-state index contributed by atoms with van der Waals surface area (Å²) < 4.78 is 0. The van der Waals surface area contributed by atoms with E-state index in [9.17, 15) is 4.79 Å². The van der Waals surface area contributed by atoms with Gasteiger partial charge in [-0.15, -0.1) is 0 Å². The Morgan fingerprint density at radius 3 is 2.16 bits per heavy atom. The zero-order valence-corrected chi connectivity index (χ0v) is 17.5. The van der Waals surface area contributed by atoms with E-state index in [0.29, 0.717) is 10.6 Å². The first-order chi connectivity index (χ1) is 15.2. The maximum absolute atomic E-state index is 13.9. The molecule has 0 saturated heterocycles. The van der Waals surface area contributed by atoms with E-state index in [1.54, 1.807) is 0 Å². The molecule has 0 spiro atoms. The van der Waals surface area contributed by atoms with Gasteiger partial charge in [0.1, 0.15) is 0 Å². The SMILES string of the molecule is O=C1/C(=C(\Nc2ccccc2)c2cccc(Cl)c2)c2ccccc2C1c1ccccc1. The molecule has 5 rings (SSSR count). The number of rotatable bonds is 4. The topological polar surface area (TPSA) is 29.1 Å². The van der Waals surface area contributed by atoms with E-state index in [4.69, 9.17) is 11.6 Å². The van der Waals surface area contributed by atoms with Gasteiger partial charge in [0.05, 0.1) is 17.2 Å². The van der Waals surface area contributed by atoms with Crippen LogP contribution in [0.2, 0.25) is 5.02 Å². The molecule has 0 aromatic heterocycles. The van der Waals surface area contributed by atoms with Crippen molar-refractivity contribution in [3.63, 3.8) is 0 Å². The third-order valence-corrected chi connectivity index (χ3v) is 5.82. The average Bonchev–Trinajstić information content (AvgIpc) is 3.10. The van der Waals surface area contributed by atoms with Crippen LogP contribution in [0, 0.1) is 0 Å². The molecule has 0 saturated carbocycles. The number of carbonyl (C=O) groups is 1. The van der Waals surface area contributed by atoms with Crippen LogP contribution in [-0.4, -0.2) is 5.78 Å². The highest BCUT2D eigenvalue weighted by Crippen LogP contribution is 2.45. The largest absolute Gasteiger partial charge is 0.354 e. The van der Waals surface area contributed by atoms with E-state index < -0.39 is 0 Å². The van der Waals surface area contributed by atoms with Crippen molar-refractivity contribution >= 4 is 34.3 Å². The molecule has 1 atom stereocenters. The van der Waals surface area contributed by atoms with Crippen LogP contribution in [0.1, 0.15) is 28.2 Å². The molecule has 1 unspecified atom stereocenters. The van der Waals surface area contributed by atoms with Gasteiger partial charge in [-0.1, -0.05) is 96.5 Å². The van der Waals surface area contributed by atoms with Gasteiger partial charge in [-0.2, -0.15) is 0 Å². The Bertz CT molecular complexity index is 1280. The first-order valence-corrected chi connectivity index (χ1v) is 10.6. The fourth-order valence-electron chi connectivity index (χ4n) is 4.22. The Kier molecular flexibility index (Phi) is 5.15. The van der Waals surface area contributed by atoms with Crippen molar-refractivity contribution in [1.29, 1.82) is 0 Å². The van der Waals surface area contributed by atoms with E-state index in [1.165, 1.54) is 0 Å². The second-order valence-electron chi connectivity index (χ2n) is 7.55. The van der Waals surface area contributed by atoms with Crippen LogP contribution >= 0.6 is 11.6 Å². The number of benzene rings is 4. The molecule has 2 nitrogen and oxygen atoms in total. The molecular weight excluding hydrogens is 402 g/mol. The van der Waals surface area contributed by atoms with Crippen molar-refractivity contribution in [3.8, 4) is 0 Å². The summed E-state index contributed by atoms with van der Waals surface area (Å²) in [6.07, 6.45) is 0. The van der Waals surface area contributed by atoms with E-state index in [1.807, 2.05) is 103 Å². The van der Waals surface area contributed by atoms with E-state index in [2.05, 4.69) is 11.4 Å². The Balaban J connectivity index is 1.75. The number of hydrogen-bond acceptors (Lipinski definition) is 2. The highest BCUT2D eigenvalue weighted by Gasteiger charge is 2.38. The monoisotopic (exact) mass is 421 g/mol. The van der Waals surface area contributed by atoms with Gasteiger partial charge in [0.25, 0.3) is 0 Å². The zero-order valence-electron chi connectivity index (χ0n) is 16.8. The van der Waals surface area contributed by atoms with Crippen LogP contribution in [0.4, 0.5) is 5.69 Å². The fraction of sp³-hybridized carbons (Fsp3) is 0.0357. The van der Waals surface area contributed by atoms with Crippen LogP contribution < -0.4 is 5.32 Å². The molecule has 0 fully saturated rings. The average molecular weight is 422 g/mol. The quantitative estimate of drug-likeness (QED) is 0.358. The number of allylic oxidation sites excluding steroid dienone is 1. The standard InChI is InChI=1S/C28H20ClNO/c29-21-13-9-12-20(18-21)27(30-22-14-5-2-6-15-22)26-24-17-8-7-16-23(24)25(28(26)31)19-10-3-1-4-11-19/h1-18,25,30H/b27-26-. The number of halogens is 1. The van der Waals surface area contributed by atoms with Crippen molar-refractivity contribution in [2.45, 2.75) is 5.92 Å². The van der Waals surface area contributed by atoms with Gasteiger partial charge in [0, 0.05) is 16.3 Å². The summed E-state index contributed by atoms with van der Waals surface area (Å²) in [6, 6.07) is 35.6. The highest BCUT2D eigenvalue weighted by atomic mass is 35.5. The summed E-state index contributed by atoms with van der Waals surface area (Å²) in [6.45, 7) is 0. The van der Waals surface area contributed by atoms with Gasteiger partial charge in [0.2, 0.25) is 0 Å². The fourth-order valence-corrected chi connectivity index (χ4v) is 4.41. The Labute approximate surface area is 186 Å². The van der Waals surface area contributed by atoms with Gasteiger partial charge < -0.3 is 5.32 Å². The Morgan fingerprint density at radius 2 is 1.42 bits per heavy atom. The molecule has 31 heavy (non-hydrogen) atoms. The molecule has 0 amide bonds. The smallest absolute Gasteiger partial charge is 0.177 e. The molecule has 0 bridgehead atoms. The second kappa shape index (κ2) is 8.25. The zero-order chi connectivity index (χ0) is 21.2. The summed E-state index contributed by atoms with van der Waals surface area (Å²) in [7, 11) is 0. The lowest BCUT2D eigenvalue weighted by molar-refractivity contribution is -0.113. The lowest BCUT2D eigenvalue weighted by Gasteiger charge is -2.16. The number of fused-ring (bicyclic) bond motifs is 1. The minimum absolute atomic E-state index is 0.0887. The minimum atomic E-state index is -0.320. The molecule has 3 heteroatoms. The van der Waals surface area contributed by atoms with Gasteiger partial charge in [0.15, 0.2) is 5.78 Å². The first-order valence-electron chi connectivity index (χ1n) is 10.2. The molecule has 150 valence electrons. The molecule has 4 aromatic carbocycles. The van der Waals surface area contributed by atoms with Crippen LogP contribution in [0.3, 0.4) is 0 Å². The number of anilines is 1. The molecule has 1 N–H and O–H groups in total. The van der Waals surface area contributed by atoms with Gasteiger partial charge >= 0.3 is 0 Å². The normalized spacial score (nSPS) is 16.7. The van der Waals surface area contributed by atoms with Crippen LogP contribution in [0.5, 0.6) is 0 Å². The Morgan fingerprint density at radius 1 is 0.742 bits per heavy atom. The molecule has 0 heterocycles. The lowest BCUT2D eigenvalue weighted by Crippen LogP contribution is -2.11. The van der Waals surface area contributed by atoms with Crippen molar-refractivity contribution in [2.75, 3.05) is 5.32 Å². The third-order valence-electron chi connectivity index (χ3n) is 5.59. The summed E-state index contributed by atoms with van der Waals surface area (Å²) >= 11 is 6.32. The lowest BCUT2D eigenvalue weighted by atomic mass is 9.92. The van der Waals surface area contributed by atoms with Crippen LogP contribution in [-0.2, 0) is 4.79 Å². The molecular formula is C28H20ClNO. The molecule has 1 aliphatic carbocycles. The number of para-hydroxylation sites is 1. The molecule has 1 aliphatic rings. The number of hydrogen-bond donors (Lipinski definition) is 1. The van der Waals surface area contributed by atoms with Crippen molar-refractivity contribution in [2.24, 2.45) is 0 Å². The van der Waals surface area contributed by atoms with Gasteiger partial charge in [-0.3, -0.25) is 4.79 Å². The number of Topliss-reactive ketones (excluding diaryl/α,β-unsaturated/α-hetero) is 1. The summed E-state index contributed by atoms with van der Waals surface area (Å²) in [5.41, 5.74) is 6.24. The third kappa shape index (κ3) is 3.67. The summed E-state index contributed by atoms with van der Waals surface area (Å²) in [5, 5.41) is 4.14. The van der Waals surface area contributed by atoms with Gasteiger partial charge in [-0.25, -0.2) is 0 Å². The molecule has 0 radical (unpaired) electrons. The van der Waals surface area contributed by atoms with Crippen molar-refractivity contribution < 1.29 is 4.79 Å². The maximum Gasteiger partial charge on any atom is 0.177 e. The van der Waals surface area contributed by atoms with E-state index in [0.717, 1.165) is 33.6 Å². The maximum atomic E-state index is 13.9. The predicted molar refractivity (Wildman–Crippen MR) is 128 cm³/mol. The number of carbonyl (C=O) groups excluding carboxylic acids is 1. The van der Waals surface area contributed by atoms with E-state index in [-0.39, 0.29) is 11.7 Å².